The van der Waals surface area contributed by atoms with Crippen LogP contribution < -0.4 is 5.32 Å². The number of nitrogens with one attached hydrogen (secondary N) is 1. The van der Waals surface area contributed by atoms with Crippen LogP contribution in [0.3, 0.4) is 0 Å². The number of aliphatic carboxylic acids is 1. The average molecular weight is 229 g/mol. The first kappa shape index (κ1) is 13.0. The summed E-state index contributed by atoms with van der Waals surface area (Å²) in [4.78, 5) is 21.4. The molecule has 5 heteroatoms. The molecule has 1 aliphatic rings. The summed E-state index contributed by atoms with van der Waals surface area (Å²) in [6, 6.07) is 0. The van der Waals surface area contributed by atoms with Crippen LogP contribution in [0.15, 0.2) is 0 Å². The molecule has 1 fully saturated rings. The van der Waals surface area contributed by atoms with Crippen LogP contribution in [0.4, 0.5) is 0 Å². The molecule has 0 spiro atoms. The first-order valence-corrected chi connectivity index (χ1v) is 5.73. The van der Waals surface area contributed by atoms with Crippen LogP contribution in [0.5, 0.6) is 0 Å². The van der Waals surface area contributed by atoms with Gasteiger partial charge in [-0.2, -0.15) is 0 Å². The molecule has 0 aliphatic heterocycles. The molecular formula is C11H19NO4. The van der Waals surface area contributed by atoms with Gasteiger partial charge in [0.25, 0.3) is 0 Å². The van der Waals surface area contributed by atoms with Crippen LogP contribution >= 0.6 is 0 Å². The predicted octanol–water partition coefficient (Wildman–Crippen LogP) is 0.663. The van der Waals surface area contributed by atoms with E-state index >= 15 is 0 Å². The van der Waals surface area contributed by atoms with Crippen molar-refractivity contribution in [2.45, 2.75) is 50.5 Å². The molecule has 0 aromatic heterocycles. The lowest BCUT2D eigenvalue weighted by Crippen LogP contribution is -2.43. The van der Waals surface area contributed by atoms with Crippen LogP contribution in [0.2, 0.25) is 0 Å². The Bertz CT molecular complexity index is 257. The number of carbonyl (C=O) groups excluding carboxylic acids is 1. The van der Waals surface area contributed by atoms with Crippen LogP contribution in [0.1, 0.15) is 44.9 Å². The Morgan fingerprint density at radius 2 is 1.69 bits per heavy atom. The minimum Gasteiger partial charge on any atom is -0.481 e. The second-order valence-electron chi connectivity index (χ2n) is 4.49. The minimum atomic E-state index is -1.15. The van der Waals surface area contributed by atoms with Gasteiger partial charge in [-0.15, -0.1) is 0 Å². The van der Waals surface area contributed by atoms with Crippen LogP contribution in [0.25, 0.3) is 0 Å². The van der Waals surface area contributed by atoms with Gasteiger partial charge in [-0.05, 0) is 12.8 Å². The van der Waals surface area contributed by atoms with Crippen molar-refractivity contribution in [1.82, 2.24) is 5.32 Å². The molecule has 16 heavy (non-hydrogen) atoms. The summed E-state index contributed by atoms with van der Waals surface area (Å²) < 4.78 is 0. The highest BCUT2D eigenvalue weighted by atomic mass is 16.4. The SMILES string of the molecule is O=C(O)CC(=O)NCC1(O)CCCCCC1. The van der Waals surface area contributed by atoms with Crippen molar-refractivity contribution >= 4 is 11.9 Å². The molecule has 0 aromatic rings. The normalized spacial score (nSPS) is 19.8. The third-order valence-corrected chi connectivity index (χ3v) is 2.96. The van der Waals surface area contributed by atoms with Gasteiger partial charge in [0.05, 0.1) is 5.60 Å². The third kappa shape index (κ3) is 4.61. The Labute approximate surface area is 94.8 Å². The molecule has 0 bridgehead atoms. The number of carboxylic acids is 1. The highest BCUT2D eigenvalue weighted by Gasteiger charge is 2.28. The van der Waals surface area contributed by atoms with Gasteiger partial charge in [0, 0.05) is 6.54 Å². The van der Waals surface area contributed by atoms with Crippen molar-refractivity contribution in [3.05, 3.63) is 0 Å². The van der Waals surface area contributed by atoms with Crippen LogP contribution in [-0.2, 0) is 9.59 Å². The Morgan fingerprint density at radius 3 is 2.19 bits per heavy atom. The maximum atomic E-state index is 11.1. The number of aliphatic hydroxyl groups is 1. The molecule has 0 heterocycles. The molecule has 0 aromatic carbocycles. The molecule has 1 aliphatic carbocycles. The predicted molar refractivity (Wildman–Crippen MR) is 57.9 cm³/mol. The van der Waals surface area contributed by atoms with E-state index < -0.39 is 23.9 Å². The molecule has 1 amide bonds. The van der Waals surface area contributed by atoms with Crippen molar-refractivity contribution < 1.29 is 19.8 Å². The van der Waals surface area contributed by atoms with E-state index in [0.29, 0.717) is 12.8 Å². The fraction of sp³-hybridized carbons (Fsp3) is 0.818. The number of hydrogen-bond acceptors (Lipinski definition) is 3. The van der Waals surface area contributed by atoms with Gasteiger partial charge in [0.2, 0.25) is 5.91 Å². The highest BCUT2D eigenvalue weighted by molar-refractivity contribution is 5.93. The average Bonchev–Trinajstić information content (AvgIpc) is 2.40. The van der Waals surface area contributed by atoms with E-state index in [4.69, 9.17) is 5.11 Å². The summed E-state index contributed by atoms with van der Waals surface area (Å²) in [6.07, 6.45) is 4.99. The van der Waals surface area contributed by atoms with E-state index in [9.17, 15) is 14.7 Å². The lowest BCUT2D eigenvalue weighted by atomic mass is 9.94. The van der Waals surface area contributed by atoms with E-state index in [1.54, 1.807) is 0 Å². The molecule has 1 rings (SSSR count). The zero-order valence-electron chi connectivity index (χ0n) is 9.37. The van der Waals surface area contributed by atoms with Gasteiger partial charge in [0.1, 0.15) is 6.42 Å². The van der Waals surface area contributed by atoms with Gasteiger partial charge in [-0.1, -0.05) is 25.7 Å². The second kappa shape index (κ2) is 5.84. The molecule has 0 saturated heterocycles. The van der Waals surface area contributed by atoms with E-state index in [-0.39, 0.29) is 6.54 Å². The fourth-order valence-corrected chi connectivity index (χ4v) is 2.03. The highest BCUT2D eigenvalue weighted by Crippen LogP contribution is 2.26. The molecule has 0 atom stereocenters. The Kier molecular flexibility index (Phi) is 4.73. The van der Waals surface area contributed by atoms with E-state index in [1.807, 2.05) is 0 Å². The maximum Gasteiger partial charge on any atom is 0.312 e. The summed E-state index contributed by atoms with van der Waals surface area (Å²) in [5.41, 5.74) is -0.843. The topological polar surface area (TPSA) is 86.6 Å². The van der Waals surface area contributed by atoms with Crippen molar-refractivity contribution in [3.8, 4) is 0 Å². The van der Waals surface area contributed by atoms with Crippen molar-refractivity contribution in [1.29, 1.82) is 0 Å². The number of carbonyl (C=O) groups is 2. The molecule has 92 valence electrons. The van der Waals surface area contributed by atoms with Crippen molar-refractivity contribution in [3.63, 3.8) is 0 Å². The van der Waals surface area contributed by atoms with Gasteiger partial charge in [0.15, 0.2) is 0 Å². The monoisotopic (exact) mass is 229 g/mol. The zero-order chi connectivity index (χ0) is 12.0. The summed E-state index contributed by atoms with van der Waals surface area (Å²) in [6.45, 7) is 0.166. The maximum absolute atomic E-state index is 11.1. The third-order valence-electron chi connectivity index (χ3n) is 2.96. The molecule has 3 N–H and O–H groups in total. The second-order valence-corrected chi connectivity index (χ2v) is 4.49. The minimum absolute atomic E-state index is 0.166. The zero-order valence-corrected chi connectivity index (χ0v) is 9.37. The standard InChI is InChI=1S/C11H19NO4/c13-9(7-10(14)15)12-8-11(16)5-3-1-2-4-6-11/h16H,1-8H2,(H,12,13)(H,14,15). The van der Waals surface area contributed by atoms with Crippen molar-refractivity contribution in [2.75, 3.05) is 6.54 Å². The Morgan fingerprint density at radius 1 is 1.12 bits per heavy atom. The first-order valence-electron chi connectivity index (χ1n) is 5.73. The van der Waals surface area contributed by atoms with E-state index in [2.05, 4.69) is 5.32 Å². The van der Waals surface area contributed by atoms with Crippen LogP contribution in [0, 0.1) is 0 Å². The fourth-order valence-electron chi connectivity index (χ4n) is 2.03. The summed E-state index contributed by atoms with van der Waals surface area (Å²) >= 11 is 0. The molecule has 5 nitrogen and oxygen atoms in total. The molecule has 0 unspecified atom stereocenters. The summed E-state index contributed by atoms with van der Waals surface area (Å²) in [7, 11) is 0. The lowest BCUT2D eigenvalue weighted by molar-refractivity contribution is -0.141. The Balaban J connectivity index is 2.34. The number of amides is 1. The largest absolute Gasteiger partial charge is 0.481 e. The number of carboxylic acid groups (broad SMARTS) is 1. The van der Waals surface area contributed by atoms with E-state index in [1.165, 1.54) is 0 Å². The molecule has 0 radical (unpaired) electrons. The molecular weight excluding hydrogens is 210 g/mol. The van der Waals surface area contributed by atoms with Gasteiger partial charge in [-0.25, -0.2) is 0 Å². The first-order chi connectivity index (χ1) is 7.52. The number of hydrogen-bond donors (Lipinski definition) is 3. The van der Waals surface area contributed by atoms with Gasteiger partial charge in [-0.3, -0.25) is 9.59 Å². The smallest absolute Gasteiger partial charge is 0.312 e. The van der Waals surface area contributed by atoms with Crippen molar-refractivity contribution in [2.24, 2.45) is 0 Å². The molecule has 1 saturated carbocycles. The van der Waals surface area contributed by atoms with E-state index in [0.717, 1.165) is 25.7 Å². The quantitative estimate of drug-likeness (QED) is 0.488. The summed E-state index contributed by atoms with van der Waals surface area (Å²) in [5, 5.41) is 21.1. The van der Waals surface area contributed by atoms with Gasteiger partial charge >= 0.3 is 5.97 Å². The Hall–Kier alpha value is -1.10. The van der Waals surface area contributed by atoms with Crippen LogP contribution in [-0.4, -0.2) is 34.2 Å². The van der Waals surface area contributed by atoms with Gasteiger partial charge < -0.3 is 15.5 Å². The number of rotatable bonds is 4. The lowest BCUT2D eigenvalue weighted by Gasteiger charge is -2.26. The summed E-state index contributed by atoms with van der Waals surface area (Å²) in [5.74, 6) is -1.68.